The van der Waals surface area contributed by atoms with Crippen LogP contribution in [0.5, 0.6) is 0 Å². The van der Waals surface area contributed by atoms with Gasteiger partial charge in [-0.05, 0) is 36.7 Å². The fourth-order valence-electron chi connectivity index (χ4n) is 1.59. The van der Waals surface area contributed by atoms with Gasteiger partial charge in [-0.3, -0.25) is 0 Å². The molecule has 1 aromatic rings. The number of hydrogen-bond acceptors (Lipinski definition) is 4. The van der Waals surface area contributed by atoms with Crippen molar-refractivity contribution < 1.29 is 0 Å². The Morgan fingerprint density at radius 2 is 2.19 bits per heavy atom. The highest BCUT2D eigenvalue weighted by atomic mass is 32.2. The summed E-state index contributed by atoms with van der Waals surface area (Å²) in [7, 11) is 0. The molecule has 5 heteroatoms. The highest BCUT2D eigenvalue weighted by Gasteiger charge is 2.16. The topological polar surface area (TPSA) is 39.9 Å². The fraction of sp³-hybridized carbons (Fsp3) is 0.364. The molecule has 0 bridgehead atoms. The first-order valence-electron chi connectivity index (χ1n) is 5.13. The Morgan fingerprint density at radius 1 is 1.44 bits per heavy atom. The van der Waals surface area contributed by atoms with Crippen LogP contribution < -0.4 is 0 Å². The van der Waals surface area contributed by atoms with E-state index in [1.54, 1.807) is 6.07 Å². The van der Waals surface area contributed by atoms with Gasteiger partial charge in [0.25, 0.3) is 0 Å². The summed E-state index contributed by atoms with van der Waals surface area (Å²) in [4.78, 5) is 6.39. The van der Waals surface area contributed by atoms with Gasteiger partial charge in [-0.15, -0.1) is 0 Å². The minimum atomic E-state index is 0.439. The molecular weight excluding hydrogens is 238 g/mol. The first kappa shape index (κ1) is 11.4. The van der Waals surface area contributed by atoms with Crippen LogP contribution in [0.3, 0.4) is 0 Å². The molecule has 1 saturated heterocycles. The normalized spacial score (nSPS) is 14.8. The Kier molecular flexibility index (Phi) is 3.75. The smallest absolute Gasteiger partial charge is 0.142 e. The first-order valence-corrected chi connectivity index (χ1v) is 6.36. The van der Waals surface area contributed by atoms with Crippen molar-refractivity contribution in [3.63, 3.8) is 0 Å². The monoisotopic (exact) mass is 249 g/mol. The molecule has 0 saturated carbocycles. The molecule has 0 aromatic carbocycles. The van der Waals surface area contributed by atoms with E-state index in [0.717, 1.165) is 22.4 Å². The van der Waals surface area contributed by atoms with Crippen molar-refractivity contribution in [1.29, 1.82) is 5.26 Å². The molecular formula is C11H11N3S2. The van der Waals surface area contributed by atoms with E-state index in [1.165, 1.54) is 24.6 Å². The highest BCUT2D eigenvalue weighted by Crippen LogP contribution is 2.22. The number of nitrogens with zero attached hydrogens (tertiary/aromatic N) is 3. The largest absolute Gasteiger partial charge is 0.357 e. The average molecular weight is 249 g/mol. The molecule has 0 amide bonds. The van der Waals surface area contributed by atoms with Crippen LogP contribution in [-0.2, 0) is 0 Å². The van der Waals surface area contributed by atoms with Gasteiger partial charge in [0.05, 0.1) is 0 Å². The van der Waals surface area contributed by atoms with E-state index in [9.17, 15) is 0 Å². The van der Waals surface area contributed by atoms with Crippen molar-refractivity contribution in [1.82, 2.24) is 9.88 Å². The highest BCUT2D eigenvalue weighted by molar-refractivity contribution is 8.22. The maximum absolute atomic E-state index is 8.74. The first-order chi connectivity index (χ1) is 7.79. The molecule has 0 radical (unpaired) electrons. The lowest BCUT2D eigenvalue weighted by Crippen LogP contribution is -2.23. The Labute approximate surface area is 104 Å². The van der Waals surface area contributed by atoms with Crippen molar-refractivity contribution >= 4 is 28.3 Å². The van der Waals surface area contributed by atoms with Gasteiger partial charge >= 0.3 is 0 Å². The molecule has 2 rings (SSSR count). The van der Waals surface area contributed by atoms with E-state index in [-0.39, 0.29) is 0 Å². The van der Waals surface area contributed by atoms with Crippen molar-refractivity contribution in [2.75, 3.05) is 13.1 Å². The minimum absolute atomic E-state index is 0.439. The van der Waals surface area contributed by atoms with Crippen molar-refractivity contribution in [2.24, 2.45) is 0 Å². The zero-order valence-corrected chi connectivity index (χ0v) is 10.4. The Bertz CT molecular complexity index is 433. The molecule has 1 aliphatic heterocycles. The molecule has 0 spiro atoms. The maximum atomic E-state index is 8.74. The second kappa shape index (κ2) is 5.28. The summed E-state index contributed by atoms with van der Waals surface area (Å²) in [5.41, 5.74) is 0.439. The molecule has 0 unspecified atom stereocenters. The van der Waals surface area contributed by atoms with Gasteiger partial charge < -0.3 is 4.90 Å². The minimum Gasteiger partial charge on any atom is -0.357 e. The van der Waals surface area contributed by atoms with Crippen LogP contribution in [0.2, 0.25) is 0 Å². The summed E-state index contributed by atoms with van der Waals surface area (Å²) in [6.07, 6.45) is 2.43. The number of pyridine rings is 1. The van der Waals surface area contributed by atoms with Crippen molar-refractivity contribution in [2.45, 2.75) is 17.9 Å². The number of rotatable bonds is 1. The van der Waals surface area contributed by atoms with Crippen LogP contribution in [0.1, 0.15) is 18.5 Å². The number of hydrogen-bond donors (Lipinski definition) is 0. The number of likely N-dealkylation sites (tertiary alicyclic amines) is 1. The molecule has 0 N–H and O–H groups in total. The van der Waals surface area contributed by atoms with E-state index in [1.807, 2.05) is 18.2 Å². The lowest BCUT2D eigenvalue weighted by atomic mass is 10.4. The second-order valence-electron chi connectivity index (χ2n) is 3.53. The zero-order valence-electron chi connectivity index (χ0n) is 8.72. The van der Waals surface area contributed by atoms with E-state index < -0.39 is 0 Å². The van der Waals surface area contributed by atoms with Crippen LogP contribution >= 0.6 is 24.0 Å². The Hall–Kier alpha value is -1.12. The van der Waals surface area contributed by atoms with E-state index in [0.29, 0.717) is 5.69 Å². The number of thiocarbonyl (C=S) groups is 1. The van der Waals surface area contributed by atoms with Gasteiger partial charge in [0.2, 0.25) is 0 Å². The number of thioether (sulfide) groups is 1. The summed E-state index contributed by atoms with van der Waals surface area (Å²) in [5, 5.41) is 9.54. The van der Waals surface area contributed by atoms with Gasteiger partial charge in [0.15, 0.2) is 0 Å². The molecule has 82 valence electrons. The summed E-state index contributed by atoms with van der Waals surface area (Å²) >= 11 is 6.81. The summed E-state index contributed by atoms with van der Waals surface area (Å²) < 4.78 is 0.861. The molecule has 0 atom stereocenters. The third-order valence-electron chi connectivity index (χ3n) is 2.39. The molecule has 2 heterocycles. The van der Waals surface area contributed by atoms with Gasteiger partial charge in [-0.1, -0.05) is 18.3 Å². The summed E-state index contributed by atoms with van der Waals surface area (Å²) in [5.74, 6) is 0. The predicted molar refractivity (Wildman–Crippen MR) is 68.2 cm³/mol. The standard InChI is InChI=1S/C11H11N3S2/c12-8-9-4-3-5-10(13-9)16-11(15)14-6-1-2-7-14/h3-5H,1-2,6-7H2. The van der Waals surface area contributed by atoms with E-state index in [2.05, 4.69) is 9.88 Å². The molecule has 0 aliphatic carbocycles. The van der Waals surface area contributed by atoms with Crippen LogP contribution in [0, 0.1) is 11.3 Å². The summed E-state index contributed by atoms with van der Waals surface area (Å²) in [6.45, 7) is 2.09. The number of aromatic nitrogens is 1. The van der Waals surface area contributed by atoms with Crippen molar-refractivity contribution in [3.8, 4) is 6.07 Å². The van der Waals surface area contributed by atoms with Crippen LogP contribution in [-0.4, -0.2) is 27.3 Å². The van der Waals surface area contributed by atoms with Crippen LogP contribution in [0.4, 0.5) is 0 Å². The van der Waals surface area contributed by atoms with Gasteiger partial charge in [0.1, 0.15) is 21.1 Å². The molecule has 1 aromatic heterocycles. The van der Waals surface area contributed by atoms with E-state index in [4.69, 9.17) is 17.5 Å². The van der Waals surface area contributed by atoms with Gasteiger partial charge in [-0.2, -0.15) is 5.26 Å². The zero-order chi connectivity index (χ0) is 11.4. The molecule has 1 fully saturated rings. The summed E-state index contributed by atoms with van der Waals surface area (Å²) in [6, 6.07) is 7.44. The third kappa shape index (κ3) is 2.71. The van der Waals surface area contributed by atoms with Crippen molar-refractivity contribution in [3.05, 3.63) is 23.9 Å². The second-order valence-corrected chi connectivity index (χ2v) is 5.19. The van der Waals surface area contributed by atoms with E-state index >= 15 is 0 Å². The maximum Gasteiger partial charge on any atom is 0.142 e. The Balaban J connectivity index is 2.03. The van der Waals surface area contributed by atoms with Gasteiger partial charge in [0, 0.05) is 13.1 Å². The number of nitriles is 1. The molecule has 1 aliphatic rings. The SMILES string of the molecule is N#Cc1cccc(SC(=S)N2CCCC2)n1. The molecule has 16 heavy (non-hydrogen) atoms. The van der Waals surface area contributed by atoms with Crippen LogP contribution in [0.25, 0.3) is 0 Å². The average Bonchev–Trinajstić information content (AvgIpc) is 2.83. The van der Waals surface area contributed by atoms with Crippen LogP contribution in [0.15, 0.2) is 23.2 Å². The predicted octanol–water partition coefficient (Wildman–Crippen LogP) is 2.43. The lowest BCUT2D eigenvalue weighted by Gasteiger charge is -2.16. The lowest BCUT2D eigenvalue weighted by molar-refractivity contribution is 0.539. The third-order valence-corrected chi connectivity index (χ3v) is 3.77. The molecule has 3 nitrogen and oxygen atoms in total. The van der Waals surface area contributed by atoms with Gasteiger partial charge in [-0.25, -0.2) is 4.98 Å². The fourth-order valence-corrected chi connectivity index (χ4v) is 2.81. The quantitative estimate of drug-likeness (QED) is 0.564. The Morgan fingerprint density at radius 3 is 2.88 bits per heavy atom.